The van der Waals surface area contributed by atoms with Gasteiger partial charge in [-0.15, -0.1) is 0 Å². The predicted octanol–water partition coefficient (Wildman–Crippen LogP) is 2.35. The van der Waals surface area contributed by atoms with E-state index in [0.29, 0.717) is 26.1 Å². The van der Waals surface area contributed by atoms with Gasteiger partial charge in [0.25, 0.3) is 0 Å². The molecular formula is C20H26N2O4. The van der Waals surface area contributed by atoms with Gasteiger partial charge >= 0.3 is 5.97 Å². The molecule has 1 fully saturated rings. The van der Waals surface area contributed by atoms with Gasteiger partial charge in [-0.25, -0.2) is 0 Å². The zero-order valence-electron chi connectivity index (χ0n) is 15.1. The number of nitrogens with zero attached hydrogens (tertiary/aromatic N) is 1. The molecule has 2 aromatic rings. The van der Waals surface area contributed by atoms with Crippen LogP contribution in [-0.4, -0.2) is 41.3 Å². The number of carboxylic acids is 1. The van der Waals surface area contributed by atoms with Gasteiger partial charge < -0.3 is 19.7 Å². The Morgan fingerprint density at radius 1 is 1.31 bits per heavy atom. The fourth-order valence-electron chi connectivity index (χ4n) is 3.76. The zero-order chi connectivity index (χ0) is 18.5. The summed E-state index contributed by atoms with van der Waals surface area (Å²) in [5.74, 6) is -1.41. The maximum Gasteiger partial charge on any atom is 0.308 e. The van der Waals surface area contributed by atoms with Crippen LogP contribution in [0.5, 0.6) is 0 Å². The molecular weight excluding hydrogens is 332 g/mol. The van der Waals surface area contributed by atoms with Gasteiger partial charge in [0.15, 0.2) is 0 Å². The number of hydrogen-bond donors (Lipinski definition) is 2. The van der Waals surface area contributed by atoms with Crippen molar-refractivity contribution in [2.24, 2.45) is 18.9 Å². The highest BCUT2D eigenvalue weighted by atomic mass is 16.5. The van der Waals surface area contributed by atoms with Gasteiger partial charge in [0, 0.05) is 50.3 Å². The molecule has 6 heteroatoms. The number of hydrogen-bond acceptors (Lipinski definition) is 3. The van der Waals surface area contributed by atoms with E-state index in [2.05, 4.69) is 28.2 Å². The van der Waals surface area contributed by atoms with E-state index in [0.717, 1.165) is 29.3 Å². The summed E-state index contributed by atoms with van der Waals surface area (Å²) in [6.07, 6.45) is 4.53. The van der Waals surface area contributed by atoms with Gasteiger partial charge in [-0.1, -0.05) is 18.2 Å². The molecule has 2 heterocycles. The van der Waals surface area contributed by atoms with Crippen molar-refractivity contribution >= 4 is 22.8 Å². The third-order valence-electron chi connectivity index (χ3n) is 5.27. The van der Waals surface area contributed by atoms with Crippen molar-refractivity contribution in [2.75, 3.05) is 19.8 Å². The van der Waals surface area contributed by atoms with Crippen molar-refractivity contribution in [3.05, 3.63) is 36.0 Å². The molecule has 1 unspecified atom stereocenters. The average molecular weight is 358 g/mol. The fraction of sp³-hybridized carbons (Fsp3) is 0.500. The molecule has 140 valence electrons. The molecule has 26 heavy (non-hydrogen) atoms. The quantitative estimate of drug-likeness (QED) is 0.796. The van der Waals surface area contributed by atoms with E-state index >= 15 is 0 Å². The fourth-order valence-corrected chi connectivity index (χ4v) is 3.76. The zero-order valence-corrected chi connectivity index (χ0v) is 15.1. The van der Waals surface area contributed by atoms with Crippen LogP contribution >= 0.6 is 0 Å². The highest BCUT2D eigenvalue weighted by Crippen LogP contribution is 2.24. The van der Waals surface area contributed by atoms with Gasteiger partial charge in [0.05, 0.1) is 5.92 Å². The molecule has 1 aliphatic rings. The molecule has 1 amide bonds. The number of carboxylic acid groups (broad SMARTS) is 1. The van der Waals surface area contributed by atoms with Crippen molar-refractivity contribution in [1.29, 1.82) is 0 Å². The van der Waals surface area contributed by atoms with Gasteiger partial charge in [0.2, 0.25) is 5.91 Å². The number of amides is 1. The number of fused-ring (bicyclic) bond motifs is 1. The summed E-state index contributed by atoms with van der Waals surface area (Å²) in [6.45, 7) is 1.39. The van der Waals surface area contributed by atoms with Crippen molar-refractivity contribution in [3.8, 4) is 0 Å². The number of nitrogens with one attached hydrogen (secondary N) is 1. The smallest absolute Gasteiger partial charge is 0.308 e. The van der Waals surface area contributed by atoms with Crippen molar-refractivity contribution in [1.82, 2.24) is 9.88 Å². The number of aryl methyl sites for hydroxylation is 2. The van der Waals surface area contributed by atoms with Gasteiger partial charge in [-0.3, -0.25) is 9.59 Å². The first-order chi connectivity index (χ1) is 12.6. The molecule has 0 saturated carbocycles. The van der Waals surface area contributed by atoms with Crippen LogP contribution in [0, 0.1) is 11.8 Å². The Balaban J connectivity index is 1.54. The van der Waals surface area contributed by atoms with E-state index in [1.165, 1.54) is 0 Å². The molecule has 1 atom stereocenters. The first kappa shape index (κ1) is 18.5. The summed E-state index contributed by atoms with van der Waals surface area (Å²) in [6, 6.07) is 8.12. The normalized spacial score (nSPS) is 16.5. The maximum absolute atomic E-state index is 12.2. The first-order valence-corrected chi connectivity index (χ1v) is 9.16. The molecule has 0 spiro atoms. The van der Waals surface area contributed by atoms with E-state index in [4.69, 9.17) is 4.74 Å². The van der Waals surface area contributed by atoms with Crippen LogP contribution in [0.4, 0.5) is 0 Å². The minimum absolute atomic E-state index is 0.0691. The summed E-state index contributed by atoms with van der Waals surface area (Å²) >= 11 is 0. The molecule has 0 radical (unpaired) electrons. The van der Waals surface area contributed by atoms with Crippen LogP contribution in [0.3, 0.4) is 0 Å². The second kappa shape index (κ2) is 8.36. The lowest BCUT2D eigenvalue weighted by atomic mass is 9.86. The molecule has 0 aliphatic carbocycles. The van der Waals surface area contributed by atoms with Crippen molar-refractivity contribution < 1.29 is 19.4 Å². The third kappa shape index (κ3) is 4.25. The van der Waals surface area contributed by atoms with Crippen LogP contribution in [0.1, 0.15) is 24.8 Å². The molecule has 1 aliphatic heterocycles. The highest BCUT2D eigenvalue weighted by Gasteiger charge is 2.29. The molecule has 3 rings (SSSR count). The number of aliphatic carboxylic acids is 1. The number of carbonyl (C=O) groups is 2. The monoisotopic (exact) mass is 358 g/mol. The topological polar surface area (TPSA) is 80.6 Å². The SMILES string of the molecule is Cn1cc(CCC(=O)NCC(C(=O)O)C2CCOCC2)c2ccccc21. The summed E-state index contributed by atoms with van der Waals surface area (Å²) < 4.78 is 7.36. The lowest BCUT2D eigenvalue weighted by molar-refractivity contribution is -0.144. The Bertz CT molecular complexity index is 777. The Morgan fingerprint density at radius 3 is 2.77 bits per heavy atom. The van der Waals surface area contributed by atoms with E-state index < -0.39 is 11.9 Å². The Hall–Kier alpha value is -2.34. The summed E-state index contributed by atoms with van der Waals surface area (Å²) in [4.78, 5) is 23.8. The molecule has 1 aromatic heterocycles. The van der Waals surface area contributed by atoms with E-state index in [1.54, 1.807) is 0 Å². The largest absolute Gasteiger partial charge is 0.481 e. The first-order valence-electron chi connectivity index (χ1n) is 9.16. The number of ether oxygens (including phenoxy) is 1. The molecule has 6 nitrogen and oxygen atoms in total. The molecule has 1 saturated heterocycles. The number of aromatic nitrogens is 1. The van der Waals surface area contributed by atoms with Gasteiger partial charge in [-0.2, -0.15) is 0 Å². The molecule has 0 bridgehead atoms. The third-order valence-corrected chi connectivity index (χ3v) is 5.27. The van der Waals surface area contributed by atoms with Crippen LogP contribution in [0.2, 0.25) is 0 Å². The van der Waals surface area contributed by atoms with Crippen LogP contribution in [0.25, 0.3) is 10.9 Å². The lowest BCUT2D eigenvalue weighted by Gasteiger charge is -2.27. The second-order valence-electron chi connectivity index (χ2n) is 6.98. The summed E-state index contributed by atoms with van der Waals surface area (Å²) in [5, 5.41) is 13.5. The maximum atomic E-state index is 12.2. The minimum Gasteiger partial charge on any atom is -0.481 e. The Kier molecular flexibility index (Phi) is 5.93. The highest BCUT2D eigenvalue weighted by molar-refractivity contribution is 5.85. The second-order valence-corrected chi connectivity index (χ2v) is 6.98. The average Bonchev–Trinajstić information content (AvgIpc) is 2.97. The van der Waals surface area contributed by atoms with Crippen LogP contribution in [-0.2, 0) is 27.8 Å². The van der Waals surface area contributed by atoms with Gasteiger partial charge in [0.1, 0.15) is 0 Å². The summed E-state index contributed by atoms with van der Waals surface area (Å²) in [5.41, 5.74) is 2.28. The molecule has 1 aromatic carbocycles. The standard InChI is InChI=1S/C20H26N2O4/c1-22-13-15(16-4-2-3-5-18(16)22)6-7-19(23)21-12-17(20(24)25)14-8-10-26-11-9-14/h2-5,13-14,17H,6-12H2,1H3,(H,21,23)(H,24,25). The minimum atomic E-state index is -0.841. The Morgan fingerprint density at radius 2 is 2.04 bits per heavy atom. The van der Waals surface area contributed by atoms with E-state index in [1.807, 2.05) is 19.2 Å². The van der Waals surface area contributed by atoms with E-state index in [-0.39, 0.29) is 18.4 Å². The lowest BCUT2D eigenvalue weighted by Crippen LogP contribution is -2.39. The van der Waals surface area contributed by atoms with Crippen LogP contribution in [0.15, 0.2) is 30.5 Å². The van der Waals surface area contributed by atoms with Gasteiger partial charge in [-0.05, 0) is 36.8 Å². The number of para-hydroxylation sites is 1. The number of carbonyl (C=O) groups excluding carboxylic acids is 1. The molecule has 2 N–H and O–H groups in total. The van der Waals surface area contributed by atoms with E-state index in [9.17, 15) is 14.7 Å². The summed E-state index contributed by atoms with van der Waals surface area (Å²) in [7, 11) is 2.00. The van der Waals surface area contributed by atoms with Crippen LogP contribution < -0.4 is 5.32 Å². The number of benzene rings is 1. The number of rotatable bonds is 7. The Labute approximate surface area is 153 Å². The van der Waals surface area contributed by atoms with Crippen molar-refractivity contribution in [3.63, 3.8) is 0 Å². The predicted molar refractivity (Wildman–Crippen MR) is 98.9 cm³/mol. The van der Waals surface area contributed by atoms with Crippen molar-refractivity contribution in [2.45, 2.75) is 25.7 Å².